The normalized spacial score (nSPS) is 14.2. The van der Waals surface area contributed by atoms with E-state index in [2.05, 4.69) is 28.4 Å². The number of rotatable bonds is 8. The van der Waals surface area contributed by atoms with Gasteiger partial charge in [0.25, 0.3) is 5.91 Å². The Bertz CT molecular complexity index is 987. The van der Waals surface area contributed by atoms with E-state index in [1.807, 2.05) is 72.4 Å². The summed E-state index contributed by atoms with van der Waals surface area (Å²) in [4.78, 5) is 15.1. The van der Waals surface area contributed by atoms with Crippen LogP contribution >= 0.6 is 11.8 Å². The van der Waals surface area contributed by atoms with Crippen LogP contribution in [-0.2, 0) is 17.8 Å². The zero-order chi connectivity index (χ0) is 21.3. The second kappa shape index (κ2) is 11.0. The first-order valence-electron chi connectivity index (χ1n) is 10.7. The summed E-state index contributed by atoms with van der Waals surface area (Å²) in [5.74, 6) is 2.95. The van der Waals surface area contributed by atoms with E-state index in [9.17, 15) is 4.79 Å². The van der Waals surface area contributed by atoms with Gasteiger partial charge in [-0.3, -0.25) is 9.69 Å². The molecule has 1 fully saturated rings. The molecule has 0 saturated carbocycles. The van der Waals surface area contributed by atoms with Crippen LogP contribution in [0.5, 0.6) is 5.75 Å². The lowest BCUT2D eigenvalue weighted by molar-refractivity contribution is -0.118. The highest BCUT2D eigenvalue weighted by Gasteiger charge is 2.14. The van der Waals surface area contributed by atoms with Gasteiger partial charge in [-0.2, -0.15) is 11.8 Å². The van der Waals surface area contributed by atoms with E-state index in [0.29, 0.717) is 0 Å². The number of nitrogens with zero attached hydrogens (tertiary/aromatic N) is 1. The van der Waals surface area contributed by atoms with E-state index < -0.39 is 0 Å². The number of amides is 1. The number of carbonyl (C=O) groups excluding carboxylic acids is 1. The van der Waals surface area contributed by atoms with Crippen LogP contribution in [0.2, 0.25) is 0 Å². The van der Waals surface area contributed by atoms with Gasteiger partial charge in [0.15, 0.2) is 6.61 Å². The Morgan fingerprint density at radius 1 is 0.871 bits per heavy atom. The van der Waals surface area contributed by atoms with Crippen LogP contribution in [-0.4, -0.2) is 42.0 Å². The summed E-state index contributed by atoms with van der Waals surface area (Å²) < 4.78 is 5.91. The van der Waals surface area contributed by atoms with Crippen molar-refractivity contribution in [1.29, 1.82) is 0 Å². The van der Waals surface area contributed by atoms with Gasteiger partial charge in [0.05, 0.1) is 0 Å². The molecule has 4 nitrogen and oxygen atoms in total. The molecule has 1 N–H and O–H groups in total. The zero-order valence-electron chi connectivity index (χ0n) is 17.6. The minimum atomic E-state index is -0.142. The molecule has 4 rings (SSSR count). The fraction of sp³-hybridized carbons (Fsp3) is 0.269. The van der Waals surface area contributed by atoms with Crippen molar-refractivity contribution in [2.45, 2.75) is 13.0 Å². The highest BCUT2D eigenvalue weighted by Crippen LogP contribution is 2.22. The third kappa shape index (κ3) is 6.36. The number of anilines is 1. The SMILES string of the molecule is O=C(COc1ccccc1Cc1ccccc1)Nc1ccccc1CN1CCSCC1. The van der Waals surface area contributed by atoms with Crippen molar-refractivity contribution in [3.05, 3.63) is 95.6 Å². The summed E-state index contributed by atoms with van der Waals surface area (Å²) in [5, 5.41) is 3.04. The van der Waals surface area contributed by atoms with Crippen LogP contribution in [0.4, 0.5) is 5.69 Å². The van der Waals surface area contributed by atoms with Gasteiger partial charge in [0.2, 0.25) is 0 Å². The highest BCUT2D eigenvalue weighted by atomic mass is 32.2. The minimum absolute atomic E-state index is 0.0134. The Balaban J connectivity index is 1.36. The Hall–Kier alpha value is -2.76. The lowest BCUT2D eigenvalue weighted by Crippen LogP contribution is -2.32. The fourth-order valence-corrected chi connectivity index (χ4v) is 4.70. The van der Waals surface area contributed by atoms with Crippen molar-refractivity contribution in [3.8, 4) is 5.75 Å². The monoisotopic (exact) mass is 432 g/mol. The zero-order valence-corrected chi connectivity index (χ0v) is 18.4. The van der Waals surface area contributed by atoms with Crippen molar-refractivity contribution < 1.29 is 9.53 Å². The van der Waals surface area contributed by atoms with E-state index in [1.54, 1.807) is 0 Å². The van der Waals surface area contributed by atoms with E-state index in [1.165, 1.54) is 17.1 Å². The maximum absolute atomic E-state index is 12.6. The van der Waals surface area contributed by atoms with Crippen molar-refractivity contribution in [2.75, 3.05) is 36.5 Å². The molecular formula is C26H28N2O2S. The lowest BCUT2D eigenvalue weighted by atomic mass is 10.0. The summed E-state index contributed by atoms with van der Waals surface area (Å²) in [5.41, 5.74) is 4.30. The van der Waals surface area contributed by atoms with Crippen LogP contribution in [0.25, 0.3) is 0 Å². The van der Waals surface area contributed by atoms with Gasteiger partial charge in [-0.25, -0.2) is 0 Å². The largest absolute Gasteiger partial charge is 0.483 e. The molecule has 1 amide bonds. The van der Waals surface area contributed by atoms with E-state index in [-0.39, 0.29) is 12.5 Å². The minimum Gasteiger partial charge on any atom is -0.483 e. The first-order valence-corrected chi connectivity index (χ1v) is 11.9. The highest BCUT2D eigenvalue weighted by molar-refractivity contribution is 7.99. The van der Waals surface area contributed by atoms with E-state index >= 15 is 0 Å². The van der Waals surface area contributed by atoms with E-state index in [4.69, 9.17) is 4.74 Å². The van der Waals surface area contributed by atoms with Gasteiger partial charge in [-0.05, 0) is 28.8 Å². The van der Waals surface area contributed by atoms with Crippen molar-refractivity contribution >= 4 is 23.4 Å². The average Bonchev–Trinajstić information content (AvgIpc) is 2.81. The Kier molecular flexibility index (Phi) is 7.64. The van der Waals surface area contributed by atoms with Crippen molar-refractivity contribution in [3.63, 3.8) is 0 Å². The fourth-order valence-electron chi connectivity index (χ4n) is 3.72. The molecule has 3 aromatic carbocycles. The number of hydrogen-bond donors (Lipinski definition) is 1. The van der Waals surface area contributed by atoms with Crippen LogP contribution < -0.4 is 10.1 Å². The summed E-state index contributed by atoms with van der Waals surface area (Å²) in [6, 6.07) is 26.2. The molecule has 1 heterocycles. The molecule has 0 radical (unpaired) electrons. The molecule has 160 valence electrons. The van der Waals surface area contributed by atoms with Crippen molar-refractivity contribution in [1.82, 2.24) is 4.90 Å². The third-order valence-electron chi connectivity index (χ3n) is 5.36. The number of thioether (sulfide) groups is 1. The average molecular weight is 433 g/mol. The quantitative estimate of drug-likeness (QED) is 0.553. The predicted octanol–water partition coefficient (Wildman–Crippen LogP) is 4.84. The van der Waals surface area contributed by atoms with Gasteiger partial charge in [0.1, 0.15) is 5.75 Å². The molecule has 1 aliphatic heterocycles. The van der Waals surface area contributed by atoms with Crippen LogP contribution in [0.15, 0.2) is 78.9 Å². The van der Waals surface area contributed by atoms with Gasteiger partial charge in [0, 0.05) is 43.2 Å². The molecular weight excluding hydrogens is 404 g/mol. The molecule has 0 unspecified atom stereocenters. The molecule has 31 heavy (non-hydrogen) atoms. The van der Waals surface area contributed by atoms with E-state index in [0.717, 1.165) is 48.6 Å². The van der Waals surface area contributed by atoms with Crippen molar-refractivity contribution in [2.24, 2.45) is 0 Å². The summed E-state index contributed by atoms with van der Waals surface area (Å²) >= 11 is 2.00. The molecule has 3 aromatic rings. The summed E-state index contributed by atoms with van der Waals surface area (Å²) in [6.07, 6.45) is 0.773. The maximum Gasteiger partial charge on any atom is 0.262 e. The lowest BCUT2D eigenvalue weighted by Gasteiger charge is -2.27. The second-order valence-corrected chi connectivity index (χ2v) is 8.88. The van der Waals surface area contributed by atoms with Gasteiger partial charge >= 0.3 is 0 Å². The third-order valence-corrected chi connectivity index (χ3v) is 6.30. The molecule has 0 bridgehead atoms. The maximum atomic E-state index is 12.6. The molecule has 5 heteroatoms. The Labute approximate surface area is 188 Å². The Morgan fingerprint density at radius 3 is 2.35 bits per heavy atom. The van der Waals surface area contributed by atoms with Crippen LogP contribution in [0, 0.1) is 0 Å². The van der Waals surface area contributed by atoms with Gasteiger partial charge < -0.3 is 10.1 Å². The first kappa shape index (κ1) is 21.5. The Morgan fingerprint density at radius 2 is 1.55 bits per heavy atom. The van der Waals surface area contributed by atoms with Crippen LogP contribution in [0.3, 0.4) is 0 Å². The van der Waals surface area contributed by atoms with Crippen LogP contribution in [0.1, 0.15) is 16.7 Å². The number of para-hydroxylation sites is 2. The van der Waals surface area contributed by atoms with Gasteiger partial charge in [-0.1, -0.05) is 66.7 Å². The predicted molar refractivity (Wildman–Crippen MR) is 129 cm³/mol. The molecule has 1 saturated heterocycles. The summed E-state index contributed by atoms with van der Waals surface area (Å²) in [6.45, 7) is 3.03. The molecule has 1 aliphatic rings. The summed E-state index contributed by atoms with van der Waals surface area (Å²) in [7, 11) is 0. The molecule has 0 atom stereocenters. The second-order valence-electron chi connectivity index (χ2n) is 7.65. The number of ether oxygens (including phenoxy) is 1. The molecule has 0 aromatic heterocycles. The van der Waals surface area contributed by atoms with Gasteiger partial charge in [-0.15, -0.1) is 0 Å². The molecule has 0 aliphatic carbocycles. The first-order chi connectivity index (χ1) is 15.3. The molecule has 0 spiro atoms. The number of nitrogens with one attached hydrogen (secondary N) is 1. The standard InChI is InChI=1S/C26H28N2O2S/c29-26(27-24-12-6-4-11-23(24)19-28-14-16-31-17-15-28)20-30-25-13-7-5-10-22(25)18-21-8-2-1-3-9-21/h1-13H,14-20H2,(H,27,29). The topological polar surface area (TPSA) is 41.6 Å². The number of hydrogen-bond acceptors (Lipinski definition) is 4. The number of benzene rings is 3. The smallest absolute Gasteiger partial charge is 0.262 e. The number of carbonyl (C=O) groups is 1.